The number of rotatable bonds is 7. The molecule has 0 fully saturated rings. The van der Waals surface area contributed by atoms with Crippen molar-refractivity contribution in [1.82, 2.24) is 4.72 Å². The van der Waals surface area contributed by atoms with Gasteiger partial charge in [-0.3, -0.25) is 0 Å². The summed E-state index contributed by atoms with van der Waals surface area (Å²) < 4.78 is 69.1. The van der Waals surface area contributed by atoms with Crippen molar-refractivity contribution in [2.75, 3.05) is 21.3 Å². The van der Waals surface area contributed by atoms with Gasteiger partial charge in [-0.25, -0.2) is 21.9 Å². The van der Waals surface area contributed by atoms with Crippen molar-refractivity contribution >= 4 is 10.0 Å². The maximum absolute atomic E-state index is 13.7. The third-order valence-electron chi connectivity index (χ3n) is 3.42. The summed E-state index contributed by atoms with van der Waals surface area (Å²) in [6, 6.07) is 5.27. The summed E-state index contributed by atoms with van der Waals surface area (Å²) in [5.41, 5.74) is 0.431. The maximum Gasteiger partial charge on any atom is 0.243 e. The van der Waals surface area contributed by atoms with E-state index in [1.54, 1.807) is 0 Å². The Bertz CT molecular complexity index is 871. The number of sulfonamides is 1. The van der Waals surface area contributed by atoms with Crippen LogP contribution in [0.3, 0.4) is 0 Å². The highest BCUT2D eigenvalue weighted by Gasteiger charge is 2.21. The Balaban J connectivity index is 2.32. The lowest BCUT2D eigenvalue weighted by atomic mass is 10.1. The number of benzene rings is 2. The molecule has 0 radical (unpaired) electrons. The molecule has 1 N–H and O–H groups in total. The fourth-order valence-corrected chi connectivity index (χ4v) is 3.26. The van der Waals surface area contributed by atoms with E-state index in [4.69, 9.17) is 14.2 Å². The fraction of sp³-hybridized carbons (Fsp3) is 0.250. The van der Waals surface area contributed by atoms with E-state index in [1.165, 1.54) is 33.5 Å². The third kappa shape index (κ3) is 4.18. The van der Waals surface area contributed by atoms with Gasteiger partial charge < -0.3 is 14.2 Å². The van der Waals surface area contributed by atoms with E-state index in [0.29, 0.717) is 28.9 Å². The van der Waals surface area contributed by atoms with Gasteiger partial charge in [0.25, 0.3) is 0 Å². The molecule has 2 aromatic carbocycles. The van der Waals surface area contributed by atoms with Gasteiger partial charge in [0.2, 0.25) is 10.0 Å². The lowest BCUT2D eigenvalue weighted by Gasteiger charge is -2.15. The first-order chi connectivity index (χ1) is 11.8. The molecule has 0 unspecified atom stereocenters. The average molecular weight is 373 g/mol. The molecule has 0 bridgehead atoms. The predicted octanol–water partition coefficient (Wildman–Crippen LogP) is 2.47. The quantitative estimate of drug-likeness (QED) is 0.807. The van der Waals surface area contributed by atoms with Crippen LogP contribution in [0.5, 0.6) is 17.2 Å². The van der Waals surface area contributed by atoms with E-state index in [2.05, 4.69) is 4.72 Å². The van der Waals surface area contributed by atoms with E-state index in [-0.39, 0.29) is 6.54 Å². The Morgan fingerprint density at radius 3 is 2.12 bits per heavy atom. The van der Waals surface area contributed by atoms with Gasteiger partial charge in [-0.2, -0.15) is 0 Å². The number of ether oxygens (including phenoxy) is 3. The van der Waals surface area contributed by atoms with Gasteiger partial charge in [0, 0.05) is 18.2 Å². The molecule has 9 heteroatoms. The van der Waals surface area contributed by atoms with Crippen molar-refractivity contribution in [2.45, 2.75) is 11.4 Å². The van der Waals surface area contributed by atoms with Gasteiger partial charge in [-0.1, -0.05) is 0 Å². The molecule has 136 valence electrons. The van der Waals surface area contributed by atoms with Gasteiger partial charge in [0.05, 0.1) is 21.3 Å². The Hall–Kier alpha value is -2.39. The van der Waals surface area contributed by atoms with Gasteiger partial charge >= 0.3 is 0 Å². The highest BCUT2D eigenvalue weighted by Crippen LogP contribution is 2.34. The number of hydrogen-bond donors (Lipinski definition) is 1. The van der Waals surface area contributed by atoms with E-state index >= 15 is 0 Å². The molecule has 0 atom stereocenters. The third-order valence-corrected chi connectivity index (χ3v) is 4.84. The first-order valence-corrected chi connectivity index (χ1v) is 8.54. The molecular weight excluding hydrogens is 356 g/mol. The second-order valence-corrected chi connectivity index (χ2v) is 6.65. The van der Waals surface area contributed by atoms with Gasteiger partial charge in [-0.05, 0) is 24.3 Å². The Morgan fingerprint density at radius 1 is 0.920 bits per heavy atom. The Labute approximate surface area is 144 Å². The molecule has 25 heavy (non-hydrogen) atoms. The minimum Gasteiger partial charge on any atom is -0.496 e. The fourth-order valence-electron chi connectivity index (χ4n) is 2.16. The highest BCUT2D eigenvalue weighted by atomic mass is 32.2. The standard InChI is InChI=1S/C16H17F2NO5S/c1-22-13-8-15(24-3)14(23-2)6-10(13)9-19-25(20,21)16-7-11(17)4-5-12(16)18/h4-8,19H,9H2,1-3H3. The molecule has 0 amide bonds. The summed E-state index contributed by atoms with van der Waals surface area (Å²) in [5.74, 6) is -0.782. The summed E-state index contributed by atoms with van der Waals surface area (Å²) >= 11 is 0. The van der Waals surface area contributed by atoms with Crippen LogP contribution in [0, 0.1) is 11.6 Å². The summed E-state index contributed by atoms with van der Waals surface area (Å²) in [5, 5.41) is 0. The monoisotopic (exact) mass is 373 g/mol. The first kappa shape index (κ1) is 18.9. The Kier molecular flexibility index (Phi) is 5.81. The zero-order valence-electron chi connectivity index (χ0n) is 13.8. The van der Waals surface area contributed by atoms with Crippen LogP contribution in [0.1, 0.15) is 5.56 Å². The molecule has 2 aromatic rings. The minimum atomic E-state index is -4.26. The van der Waals surface area contributed by atoms with Gasteiger partial charge in [0.15, 0.2) is 11.5 Å². The highest BCUT2D eigenvalue weighted by molar-refractivity contribution is 7.89. The largest absolute Gasteiger partial charge is 0.496 e. The van der Waals surface area contributed by atoms with E-state index < -0.39 is 26.6 Å². The van der Waals surface area contributed by atoms with E-state index in [1.807, 2.05) is 0 Å². The number of methoxy groups -OCH3 is 3. The SMILES string of the molecule is COc1cc(OC)c(OC)cc1CNS(=O)(=O)c1cc(F)ccc1F. The van der Waals surface area contributed by atoms with Crippen LogP contribution < -0.4 is 18.9 Å². The smallest absolute Gasteiger partial charge is 0.243 e. The molecule has 0 spiro atoms. The first-order valence-electron chi connectivity index (χ1n) is 7.06. The van der Waals surface area contributed by atoms with E-state index in [0.717, 1.165) is 12.1 Å². The molecule has 0 aliphatic carbocycles. The summed E-state index contributed by atoms with van der Waals surface area (Å²) in [6.07, 6.45) is 0. The molecule has 0 aliphatic rings. The lowest BCUT2D eigenvalue weighted by molar-refractivity contribution is 0.347. The van der Waals surface area contributed by atoms with Crippen molar-refractivity contribution in [1.29, 1.82) is 0 Å². The van der Waals surface area contributed by atoms with Crippen LogP contribution in [-0.4, -0.2) is 29.7 Å². The normalized spacial score (nSPS) is 11.2. The van der Waals surface area contributed by atoms with Crippen LogP contribution in [0.4, 0.5) is 8.78 Å². The second kappa shape index (κ2) is 7.66. The van der Waals surface area contributed by atoms with Crippen molar-refractivity contribution in [3.8, 4) is 17.2 Å². The zero-order chi connectivity index (χ0) is 18.6. The van der Waals surface area contributed by atoms with E-state index in [9.17, 15) is 17.2 Å². The van der Waals surface area contributed by atoms with Crippen molar-refractivity contribution in [3.05, 3.63) is 47.5 Å². The number of nitrogens with one attached hydrogen (secondary N) is 1. The van der Waals surface area contributed by atoms with Crippen LogP contribution in [-0.2, 0) is 16.6 Å². The molecule has 0 saturated heterocycles. The molecule has 0 heterocycles. The van der Waals surface area contributed by atoms with Crippen LogP contribution in [0.25, 0.3) is 0 Å². The molecule has 0 aliphatic heterocycles. The average Bonchev–Trinajstić information content (AvgIpc) is 2.61. The van der Waals surface area contributed by atoms with Crippen LogP contribution in [0.15, 0.2) is 35.2 Å². The summed E-state index contributed by atoms with van der Waals surface area (Å²) in [6.45, 7) is -0.220. The number of hydrogen-bond acceptors (Lipinski definition) is 5. The second-order valence-electron chi connectivity index (χ2n) is 4.92. The maximum atomic E-state index is 13.7. The topological polar surface area (TPSA) is 73.9 Å². The van der Waals surface area contributed by atoms with Gasteiger partial charge in [-0.15, -0.1) is 0 Å². The van der Waals surface area contributed by atoms with Crippen molar-refractivity contribution < 1.29 is 31.4 Å². The van der Waals surface area contributed by atoms with Gasteiger partial charge in [0.1, 0.15) is 22.3 Å². The van der Waals surface area contributed by atoms with Crippen molar-refractivity contribution in [3.63, 3.8) is 0 Å². The summed E-state index contributed by atoms with van der Waals surface area (Å²) in [4.78, 5) is -0.771. The minimum absolute atomic E-state index is 0.220. The van der Waals surface area contributed by atoms with Crippen molar-refractivity contribution in [2.24, 2.45) is 0 Å². The summed E-state index contributed by atoms with van der Waals surface area (Å²) in [7, 11) is 0.0255. The Morgan fingerprint density at radius 2 is 1.52 bits per heavy atom. The molecule has 6 nitrogen and oxygen atoms in total. The molecule has 0 aromatic heterocycles. The lowest BCUT2D eigenvalue weighted by Crippen LogP contribution is -2.24. The predicted molar refractivity (Wildman–Crippen MR) is 86.5 cm³/mol. The molecular formula is C16H17F2NO5S. The molecule has 0 saturated carbocycles. The van der Waals surface area contributed by atoms with Crippen LogP contribution in [0.2, 0.25) is 0 Å². The zero-order valence-corrected chi connectivity index (χ0v) is 14.6. The number of halogens is 2. The van der Waals surface area contributed by atoms with Crippen LogP contribution >= 0.6 is 0 Å². The molecule has 2 rings (SSSR count).